The Bertz CT molecular complexity index is 350. The van der Waals surface area contributed by atoms with E-state index < -0.39 is 0 Å². The molecule has 0 spiro atoms. The zero-order chi connectivity index (χ0) is 11.5. The molecule has 1 aliphatic carbocycles. The van der Waals surface area contributed by atoms with Gasteiger partial charge in [-0.3, -0.25) is 0 Å². The van der Waals surface area contributed by atoms with Gasteiger partial charge in [-0.15, -0.1) is 0 Å². The van der Waals surface area contributed by atoms with Crippen LogP contribution >= 0.6 is 0 Å². The molecule has 1 heterocycles. The molecule has 4 heteroatoms. The third-order valence-corrected chi connectivity index (χ3v) is 3.31. The van der Waals surface area contributed by atoms with Gasteiger partial charge in [-0.05, 0) is 26.2 Å². The van der Waals surface area contributed by atoms with Gasteiger partial charge in [0.2, 0.25) is 0 Å². The summed E-state index contributed by atoms with van der Waals surface area (Å²) in [5.41, 5.74) is 7.82. The van der Waals surface area contributed by atoms with Crippen molar-refractivity contribution in [2.45, 2.75) is 58.5 Å². The van der Waals surface area contributed by atoms with E-state index >= 15 is 0 Å². The van der Waals surface area contributed by atoms with Gasteiger partial charge < -0.3 is 11.1 Å². The van der Waals surface area contributed by atoms with Crippen molar-refractivity contribution in [3.63, 3.8) is 0 Å². The third-order valence-electron chi connectivity index (χ3n) is 3.31. The summed E-state index contributed by atoms with van der Waals surface area (Å²) in [4.78, 5) is 0. The molecule has 1 aliphatic rings. The number of nitrogens with two attached hydrogens (primary N) is 1. The van der Waals surface area contributed by atoms with E-state index in [1.54, 1.807) is 0 Å². The average Bonchev–Trinajstić information content (AvgIpc) is 2.84. The Balaban J connectivity index is 2.16. The van der Waals surface area contributed by atoms with Crippen molar-refractivity contribution in [3.8, 4) is 0 Å². The highest BCUT2D eigenvalue weighted by atomic mass is 15.3. The highest BCUT2D eigenvalue weighted by molar-refractivity contribution is 5.65. The monoisotopic (exact) mass is 222 g/mol. The Morgan fingerprint density at radius 1 is 1.44 bits per heavy atom. The Hall–Kier alpha value is -1.19. The topological polar surface area (TPSA) is 55.9 Å². The summed E-state index contributed by atoms with van der Waals surface area (Å²) in [5.74, 6) is 1.03. The van der Waals surface area contributed by atoms with E-state index in [0.717, 1.165) is 30.2 Å². The van der Waals surface area contributed by atoms with Crippen molar-refractivity contribution in [2.24, 2.45) is 0 Å². The predicted molar refractivity (Wildman–Crippen MR) is 67.5 cm³/mol. The van der Waals surface area contributed by atoms with Crippen molar-refractivity contribution in [1.29, 1.82) is 0 Å². The number of hydrogen-bond acceptors (Lipinski definition) is 3. The maximum atomic E-state index is 6.07. The predicted octanol–water partition coefficient (Wildman–Crippen LogP) is 2.54. The first kappa shape index (κ1) is 11.3. The summed E-state index contributed by atoms with van der Waals surface area (Å²) in [6.07, 6.45) is 6.27. The average molecular weight is 222 g/mol. The van der Waals surface area contributed by atoms with Crippen molar-refractivity contribution in [1.82, 2.24) is 9.78 Å². The molecule has 4 nitrogen and oxygen atoms in total. The highest BCUT2D eigenvalue weighted by Crippen LogP contribution is 2.27. The first-order valence-corrected chi connectivity index (χ1v) is 6.31. The third kappa shape index (κ3) is 2.15. The lowest BCUT2D eigenvalue weighted by Gasteiger charge is -2.15. The van der Waals surface area contributed by atoms with Crippen LogP contribution in [-0.2, 0) is 6.54 Å². The fourth-order valence-electron chi connectivity index (χ4n) is 2.38. The fourth-order valence-corrected chi connectivity index (χ4v) is 2.38. The summed E-state index contributed by atoms with van der Waals surface area (Å²) in [6.45, 7) is 5.07. The molecule has 1 aromatic rings. The zero-order valence-corrected chi connectivity index (χ0v) is 10.3. The second kappa shape index (κ2) is 4.76. The van der Waals surface area contributed by atoms with Gasteiger partial charge >= 0.3 is 0 Å². The molecule has 90 valence electrons. The highest BCUT2D eigenvalue weighted by Gasteiger charge is 2.19. The molecule has 1 aromatic heterocycles. The van der Waals surface area contributed by atoms with E-state index in [-0.39, 0.29) is 0 Å². The second-order valence-corrected chi connectivity index (χ2v) is 4.70. The summed E-state index contributed by atoms with van der Waals surface area (Å²) in [5, 5.41) is 8.03. The first-order valence-electron chi connectivity index (χ1n) is 6.31. The number of rotatable bonds is 4. The lowest BCUT2D eigenvalue weighted by Crippen LogP contribution is -2.18. The summed E-state index contributed by atoms with van der Waals surface area (Å²) in [7, 11) is 0. The van der Waals surface area contributed by atoms with Crippen molar-refractivity contribution >= 4 is 11.5 Å². The van der Waals surface area contributed by atoms with E-state index in [0.29, 0.717) is 6.04 Å². The minimum Gasteiger partial charge on any atom is -0.394 e. The van der Waals surface area contributed by atoms with Crippen LogP contribution in [0, 0.1) is 6.92 Å². The van der Waals surface area contributed by atoms with Crippen LogP contribution in [-0.4, -0.2) is 15.8 Å². The maximum absolute atomic E-state index is 6.07. The standard InChI is InChI=1S/C12H22N4/c1-3-8-16-12(11(13)9(2)15-16)14-10-6-4-5-7-10/h10,14H,3-8,13H2,1-2H3. The largest absolute Gasteiger partial charge is 0.394 e. The molecule has 2 rings (SSSR count). The molecule has 0 atom stereocenters. The molecule has 16 heavy (non-hydrogen) atoms. The molecule has 0 unspecified atom stereocenters. The van der Waals surface area contributed by atoms with Gasteiger partial charge in [0, 0.05) is 12.6 Å². The fraction of sp³-hybridized carbons (Fsp3) is 0.750. The van der Waals surface area contributed by atoms with E-state index in [1.165, 1.54) is 25.7 Å². The van der Waals surface area contributed by atoms with Gasteiger partial charge in [0.25, 0.3) is 0 Å². The van der Waals surface area contributed by atoms with Gasteiger partial charge in [0.1, 0.15) is 5.82 Å². The Morgan fingerprint density at radius 3 is 2.75 bits per heavy atom. The number of hydrogen-bond donors (Lipinski definition) is 2. The van der Waals surface area contributed by atoms with E-state index in [1.807, 2.05) is 11.6 Å². The number of aryl methyl sites for hydroxylation is 2. The molecule has 0 aliphatic heterocycles. The van der Waals surface area contributed by atoms with E-state index in [2.05, 4.69) is 17.3 Å². The molecule has 0 bridgehead atoms. The van der Waals surface area contributed by atoms with Gasteiger partial charge in [-0.25, -0.2) is 4.68 Å². The summed E-state index contributed by atoms with van der Waals surface area (Å²) in [6, 6.07) is 0.592. The molecule has 0 saturated heterocycles. The summed E-state index contributed by atoms with van der Waals surface area (Å²) >= 11 is 0. The van der Waals surface area contributed by atoms with Gasteiger partial charge in [0.15, 0.2) is 0 Å². The van der Waals surface area contributed by atoms with Gasteiger partial charge in [-0.2, -0.15) is 5.10 Å². The lowest BCUT2D eigenvalue weighted by atomic mass is 10.2. The second-order valence-electron chi connectivity index (χ2n) is 4.70. The van der Waals surface area contributed by atoms with Gasteiger partial charge in [0.05, 0.1) is 11.4 Å². The summed E-state index contributed by atoms with van der Waals surface area (Å²) < 4.78 is 2.02. The van der Waals surface area contributed by atoms with Crippen LogP contribution in [0.1, 0.15) is 44.7 Å². The van der Waals surface area contributed by atoms with E-state index in [4.69, 9.17) is 5.73 Å². The van der Waals surface area contributed by atoms with E-state index in [9.17, 15) is 0 Å². The van der Waals surface area contributed by atoms with Crippen LogP contribution in [0.5, 0.6) is 0 Å². The number of nitrogens with one attached hydrogen (secondary N) is 1. The molecular formula is C12H22N4. The minimum atomic E-state index is 0.592. The Kier molecular flexibility index (Phi) is 3.36. The van der Waals surface area contributed by atoms with Gasteiger partial charge in [-0.1, -0.05) is 19.8 Å². The molecule has 0 radical (unpaired) electrons. The number of anilines is 2. The SMILES string of the molecule is CCCn1nc(C)c(N)c1NC1CCCC1. The van der Waals surface area contributed by atoms with Crippen LogP contribution < -0.4 is 11.1 Å². The number of aromatic nitrogens is 2. The van der Waals surface area contributed by atoms with Crippen molar-refractivity contribution in [2.75, 3.05) is 11.1 Å². The first-order chi connectivity index (χ1) is 7.72. The molecule has 1 saturated carbocycles. The minimum absolute atomic E-state index is 0.592. The van der Waals surface area contributed by atoms with Crippen molar-refractivity contribution < 1.29 is 0 Å². The Morgan fingerprint density at radius 2 is 2.12 bits per heavy atom. The van der Waals surface area contributed by atoms with Crippen LogP contribution in [0.25, 0.3) is 0 Å². The molecule has 3 N–H and O–H groups in total. The van der Waals surface area contributed by atoms with Crippen LogP contribution in [0.15, 0.2) is 0 Å². The normalized spacial score (nSPS) is 16.9. The molecule has 0 aromatic carbocycles. The van der Waals surface area contributed by atoms with Crippen LogP contribution in [0.4, 0.5) is 11.5 Å². The zero-order valence-electron chi connectivity index (χ0n) is 10.3. The van der Waals surface area contributed by atoms with Crippen LogP contribution in [0.3, 0.4) is 0 Å². The number of nitrogens with zero attached hydrogens (tertiary/aromatic N) is 2. The maximum Gasteiger partial charge on any atom is 0.148 e. The smallest absolute Gasteiger partial charge is 0.148 e. The molecule has 0 amide bonds. The van der Waals surface area contributed by atoms with Crippen LogP contribution in [0.2, 0.25) is 0 Å². The number of nitrogen functional groups attached to an aromatic ring is 1. The van der Waals surface area contributed by atoms with Crippen molar-refractivity contribution in [3.05, 3.63) is 5.69 Å². The lowest BCUT2D eigenvalue weighted by molar-refractivity contribution is 0.595. The molecular weight excluding hydrogens is 200 g/mol. The quantitative estimate of drug-likeness (QED) is 0.823. The molecule has 1 fully saturated rings. The Labute approximate surface area is 97.2 Å².